The maximum absolute atomic E-state index is 13.6. The van der Waals surface area contributed by atoms with Crippen molar-refractivity contribution in [2.45, 2.75) is 13.8 Å². The Morgan fingerprint density at radius 3 is 2.31 bits per heavy atom. The second-order valence-corrected chi connectivity index (χ2v) is 6.58. The van der Waals surface area contributed by atoms with E-state index in [1.54, 1.807) is 7.05 Å². The molecule has 0 saturated heterocycles. The summed E-state index contributed by atoms with van der Waals surface area (Å²) in [7, 11) is 1.64. The molecule has 26 heavy (non-hydrogen) atoms. The fourth-order valence-electron chi connectivity index (χ4n) is 2.41. The van der Waals surface area contributed by atoms with Gasteiger partial charge in [-0.3, -0.25) is 14.5 Å². The maximum atomic E-state index is 13.6. The lowest BCUT2D eigenvalue weighted by molar-refractivity contribution is -0.119. The number of carbonyl (C=O) groups is 2. The molecule has 0 heterocycles. The van der Waals surface area contributed by atoms with Crippen LogP contribution in [0.15, 0.2) is 36.4 Å². The summed E-state index contributed by atoms with van der Waals surface area (Å²) in [5, 5.41) is 5.60. The molecular weight excluding hydrogens is 357 g/mol. The standard InChI is InChI=1S/C19H21ClFN3O2/c1-12-5-4-6-16(13(12)2)22-18(25)10-24(3)11-19(26)23-17-9-14(20)7-8-15(17)21/h4-9H,10-11H2,1-3H3,(H,22,25)(H,23,26). The quantitative estimate of drug-likeness (QED) is 0.808. The van der Waals surface area contributed by atoms with Gasteiger partial charge in [0.05, 0.1) is 18.8 Å². The van der Waals surface area contributed by atoms with Crippen molar-refractivity contribution in [3.8, 4) is 0 Å². The Morgan fingerprint density at radius 1 is 1.04 bits per heavy atom. The van der Waals surface area contributed by atoms with Gasteiger partial charge >= 0.3 is 0 Å². The van der Waals surface area contributed by atoms with E-state index in [0.29, 0.717) is 5.02 Å². The second kappa shape index (κ2) is 8.78. The van der Waals surface area contributed by atoms with E-state index in [4.69, 9.17) is 11.6 Å². The van der Waals surface area contributed by atoms with Crippen LogP contribution < -0.4 is 10.6 Å². The van der Waals surface area contributed by atoms with E-state index in [-0.39, 0.29) is 24.7 Å². The van der Waals surface area contributed by atoms with Gasteiger partial charge in [-0.25, -0.2) is 4.39 Å². The highest BCUT2D eigenvalue weighted by Gasteiger charge is 2.13. The van der Waals surface area contributed by atoms with E-state index in [0.717, 1.165) is 16.8 Å². The van der Waals surface area contributed by atoms with Crippen molar-refractivity contribution >= 4 is 34.8 Å². The molecule has 7 heteroatoms. The van der Waals surface area contributed by atoms with Gasteiger partial charge in [-0.15, -0.1) is 0 Å². The van der Waals surface area contributed by atoms with Crippen LogP contribution in [-0.4, -0.2) is 36.9 Å². The van der Waals surface area contributed by atoms with E-state index in [2.05, 4.69) is 10.6 Å². The smallest absolute Gasteiger partial charge is 0.238 e. The number of anilines is 2. The molecule has 138 valence electrons. The van der Waals surface area contributed by atoms with Crippen molar-refractivity contribution in [3.05, 3.63) is 58.4 Å². The summed E-state index contributed by atoms with van der Waals surface area (Å²) < 4.78 is 13.6. The number of aryl methyl sites for hydroxylation is 1. The summed E-state index contributed by atoms with van der Waals surface area (Å²) in [6.07, 6.45) is 0. The molecule has 0 aliphatic rings. The average molecular weight is 378 g/mol. The number of benzene rings is 2. The SMILES string of the molecule is Cc1cccc(NC(=O)CN(C)CC(=O)Nc2cc(Cl)ccc2F)c1C. The van der Waals surface area contributed by atoms with E-state index in [1.807, 2.05) is 32.0 Å². The number of nitrogens with one attached hydrogen (secondary N) is 2. The number of carbonyl (C=O) groups excluding carboxylic acids is 2. The highest BCUT2D eigenvalue weighted by molar-refractivity contribution is 6.30. The Labute approximate surface area is 157 Å². The van der Waals surface area contributed by atoms with Gasteiger partial charge in [0.15, 0.2) is 0 Å². The normalized spacial score (nSPS) is 10.7. The fraction of sp³-hybridized carbons (Fsp3) is 0.263. The number of amides is 2. The minimum Gasteiger partial charge on any atom is -0.325 e. The van der Waals surface area contributed by atoms with Crippen LogP contribution in [0.4, 0.5) is 15.8 Å². The van der Waals surface area contributed by atoms with E-state index in [9.17, 15) is 14.0 Å². The van der Waals surface area contributed by atoms with Gasteiger partial charge in [-0.2, -0.15) is 0 Å². The second-order valence-electron chi connectivity index (χ2n) is 6.14. The number of hydrogen-bond donors (Lipinski definition) is 2. The number of rotatable bonds is 6. The number of likely N-dealkylation sites (N-methyl/N-ethyl adjacent to an activating group) is 1. The predicted molar refractivity (Wildman–Crippen MR) is 102 cm³/mol. The number of nitrogens with zero attached hydrogens (tertiary/aromatic N) is 1. The van der Waals surface area contributed by atoms with Gasteiger partial charge in [0.1, 0.15) is 5.82 Å². The molecule has 0 unspecified atom stereocenters. The Kier molecular flexibility index (Phi) is 6.71. The van der Waals surface area contributed by atoms with Crippen LogP contribution >= 0.6 is 11.6 Å². The van der Waals surface area contributed by atoms with Gasteiger partial charge in [0, 0.05) is 10.7 Å². The van der Waals surface area contributed by atoms with Crippen LogP contribution in [0.5, 0.6) is 0 Å². The van der Waals surface area contributed by atoms with E-state index in [1.165, 1.54) is 23.1 Å². The van der Waals surface area contributed by atoms with Crippen molar-refractivity contribution < 1.29 is 14.0 Å². The Bertz CT molecular complexity index is 808. The van der Waals surface area contributed by atoms with Crippen molar-refractivity contribution in [3.63, 3.8) is 0 Å². The Morgan fingerprint density at radius 2 is 1.65 bits per heavy atom. The highest BCUT2D eigenvalue weighted by Crippen LogP contribution is 2.19. The van der Waals surface area contributed by atoms with Crippen LogP contribution in [0.1, 0.15) is 11.1 Å². The predicted octanol–water partition coefficient (Wildman–Crippen LogP) is 3.60. The molecule has 0 fully saturated rings. The van der Waals surface area contributed by atoms with Crippen molar-refractivity contribution in [1.29, 1.82) is 0 Å². The third kappa shape index (κ3) is 5.54. The van der Waals surface area contributed by atoms with Gasteiger partial charge in [-0.1, -0.05) is 23.7 Å². The third-order valence-electron chi connectivity index (χ3n) is 3.91. The van der Waals surface area contributed by atoms with Crippen LogP contribution in [0, 0.1) is 19.7 Å². The molecule has 0 atom stereocenters. The van der Waals surface area contributed by atoms with Crippen molar-refractivity contribution in [2.75, 3.05) is 30.8 Å². The Balaban J connectivity index is 1.88. The van der Waals surface area contributed by atoms with Crippen LogP contribution in [0.25, 0.3) is 0 Å². The van der Waals surface area contributed by atoms with E-state index >= 15 is 0 Å². The first-order chi connectivity index (χ1) is 12.3. The molecule has 0 radical (unpaired) electrons. The summed E-state index contributed by atoms with van der Waals surface area (Å²) in [5.74, 6) is -1.24. The molecule has 0 spiro atoms. The van der Waals surface area contributed by atoms with Gasteiger partial charge in [0.25, 0.3) is 0 Å². The monoisotopic (exact) mass is 377 g/mol. The molecule has 0 bridgehead atoms. The molecular formula is C19H21ClFN3O2. The number of hydrogen-bond acceptors (Lipinski definition) is 3. The summed E-state index contributed by atoms with van der Waals surface area (Å²) in [4.78, 5) is 25.7. The van der Waals surface area contributed by atoms with Gasteiger partial charge in [-0.05, 0) is 56.3 Å². The molecule has 5 nitrogen and oxygen atoms in total. The lowest BCUT2D eigenvalue weighted by Gasteiger charge is -2.17. The van der Waals surface area contributed by atoms with Gasteiger partial charge in [0.2, 0.25) is 11.8 Å². The lowest BCUT2D eigenvalue weighted by Crippen LogP contribution is -2.36. The average Bonchev–Trinajstić information content (AvgIpc) is 2.55. The summed E-state index contributed by atoms with van der Waals surface area (Å²) in [5.41, 5.74) is 2.83. The zero-order valence-corrected chi connectivity index (χ0v) is 15.7. The van der Waals surface area contributed by atoms with Crippen molar-refractivity contribution in [2.24, 2.45) is 0 Å². The molecule has 2 aromatic carbocycles. The minimum absolute atomic E-state index is 0.00994. The fourth-order valence-corrected chi connectivity index (χ4v) is 2.58. The van der Waals surface area contributed by atoms with Gasteiger partial charge < -0.3 is 10.6 Å². The topological polar surface area (TPSA) is 61.4 Å². The summed E-state index contributed by atoms with van der Waals surface area (Å²) in [6.45, 7) is 3.86. The first-order valence-corrected chi connectivity index (χ1v) is 8.43. The molecule has 0 aromatic heterocycles. The molecule has 2 amide bonds. The van der Waals surface area contributed by atoms with Crippen molar-refractivity contribution in [1.82, 2.24) is 4.90 Å². The highest BCUT2D eigenvalue weighted by atomic mass is 35.5. The first kappa shape index (κ1) is 19.9. The summed E-state index contributed by atoms with van der Waals surface area (Å²) in [6, 6.07) is 9.58. The van der Waals surface area contributed by atoms with Crippen LogP contribution in [0.3, 0.4) is 0 Å². The molecule has 0 aliphatic carbocycles. The first-order valence-electron chi connectivity index (χ1n) is 8.06. The number of halogens is 2. The molecule has 2 aromatic rings. The van der Waals surface area contributed by atoms with Crippen LogP contribution in [-0.2, 0) is 9.59 Å². The summed E-state index contributed by atoms with van der Waals surface area (Å²) >= 11 is 5.79. The third-order valence-corrected chi connectivity index (χ3v) is 4.14. The molecule has 0 saturated carbocycles. The minimum atomic E-state index is -0.571. The zero-order chi connectivity index (χ0) is 19.3. The van der Waals surface area contributed by atoms with Crippen LogP contribution in [0.2, 0.25) is 5.02 Å². The van der Waals surface area contributed by atoms with E-state index < -0.39 is 11.7 Å². The Hall–Kier alpha value is -2.44. The largest absolute Gasteiger partial charge is 0.325 e. The molecule has 2 rings (SSSR count). The zero-order valence-electron chi connectivity index (χ0n) is 14.9. The molecule has 0 aliphatic heterocycles. The molecule has 2 N–H and O–H groups in total. The maximum Gasteiger partial charge on any atom is 0.238 e. The lowest BCUT2D eigenvalue weighted by atomic mass is 10.1.